The third kappa shape index (κ3) is 4.41. The molecule has 1 heterocycles. The van der Waals surface area contributed by atoms with Crippen molar-refractivity contribution in [1.29, 1.82) is 0 Å². The molecule has 2 rings (SSSR count). The van der Waals surface area contributed by atoms with Crippen LogP contribution in [-0.2, 0) is 6.42 Å². The zero-order valence-electron chi connectivity index (χ0n) is 11.7. The minimum absolute atomic E-state index is 0.0967. The quantitative estimate of drug-likeness (QED) is 0.621. The molecule has 7 heteroatoms. The van der Waals surface area contributed by atoms with E-state index in [9.17, 15) is 10.1 Å². The van der Waals surface area contributed by atoms with Crippen LogP contribution in [-0.4, -0.2) is 28.0 Å². The molecule has 0 spiro atoms. The summed E-state index contributed by atoms with van der Waals surface area (Å²) in [5, 5.41) is 13.7. The Morgan fingerprint density at radius 3 is 2.71 bits per heavy atom. The van der Waals surface area contributed by atoms with E-state index in [1.54, 1.807) is 24.4 Å². The largest absolute Gasteiger partial charge is 0.478 e. The molecule has 110 valence electrons. The van der Waals surface area contributed by atoms with Crippen molar-refractivity contribution in [3.8, 4) is 5.88 Å². The number of rotatable bonds is 7. The highest BCUT2D eigenvalue weighted by Gasteiger charge is 2.04. The van der Waals surface area contributed by atoms with Crippen molar-refractivity contribution in [1.82, 2.24) is 9.97 Å². The normalized spacial score (nSPS) is 10.1. The summed E-state index contributed by atoms with van der Waals surface area (Å²) in [6.45, 7) is 3.08. The van der Waals surface area contributed by atoms with E-state index in [0.29, 0.717) is 25.0 Å². The number of hydrogen-bond donors (Lipinski definition) is 1. The van der Waals surface area contributed by atoms with Crippen molar-refractivity contribution in [3.05, 3.63) is 52.2 Å². The molecule has 0 fully saturated rings. The predicted molar refractivity (Wildman–Crippen MR) is 78.5 cm³/mol. The minimum atomic E-state index is -0.408. The van der Waals surface area contributed by atoms with Gasteiger partial charge in [-0.1, -0.05) is 12.1 Å². The summed E-state index contributed by atoms with van der Waals surface area (Å²) in [5.41, 5.74) is 1.11. The molecular weight excluding hydrogens is 272 g/mol. The molecule has 0 aliphatic carbocycles. The van der Waals surface area contributed by atoms with Gasteiger partial charge in [-0.2, -0.15) is 4.98 Å². The molecule has 2 aromatic rings. The van der Waals surface area contributed by atoms with E-state index in [-0.39, 0.29) is 5.69 Å². The van der Waals surface area contributed by atoms with Crippen LogP contribution in [0.3, 0.4) is 0 Å². The standard InChI is InChI=1S/C14H16N4O3/c1-2-21-13-8-10-16-14(17-13)15-9-7-11-3-5-12(6-4-11)18(19)20/h3-6,8,10H,2,7,9H2,1H3,(H,15,16,17). The topological polar surface area (TPSA) is 90.2 Å². The van der Waals surface area contributed by atoms with Gasteiger partial charge in [0.05, 0.1) is 11.5 Å². The molecule has 0 radical (unpaired) electrons. The first-order valence-electron chi connectivity index (χ1n) is 6.62. The Morgan fingerprint density at radius 2 is 2.05 bits per heavy atom. The maximum atomic E-state index is 10.6. The summed E-state index contributed by atoms with van der Waals surface area (Å²) in [6, 6.07) is 8.20. The lowest BCUT2D eigenvalue weighted by Crippen LogP contribution is -2.08. The first-order valence-corrected chi connectivity index (χ1v) is 6.62. The molecule has 0 aliphatic heterocycles. The number of nitro benzene ring substituents is 1. The average molecular weight is 288 g/mol. The van der Waals surface area contributed by atoms with E-state index in [2.05, 4.69) is 15.3 Å². The Morgan fingerprint density at radius 1 is 1.29 bits per heavy atom. The van der Waals surface area contributed by atoms with Crippen LogP contribution in [0.2, 0.25) is 0 Å². The summed E-state index contributed by atoms with van der Waals surface area (Å²) < 4.78 is 5.29. The van der Waals surface area contributed by atoms with E-state index >= 15 is 0 Å². The molecule has 21 heavy (non-hydrogen) atoms. The van der Waals surface area contributed by atoms with E-state index < -0.39 is 4.92 Å². The number of hydrogen-bond acceptors (Lipinski definition) is 6. The summed E-state index contributed by atoms with van der Waals surface area (Å²) in [4.78, 5) is 18.4. The molecule has 0 atom stereocenters. The lowest BCUT2D eigenvalue weighted by Gasteiger charge is -2.06. The van der Waals surface area contributed by atoms with Crippen LogP contribution in [0.4, 0.5) is 11.6 Å². The smallest absolute Gasteiger partial charge is 0.269 e. The van der Waals surface area contributed by atoms with E-state index in [4.69, 9.17) is 4.74 Å². The molecule has 1 aromatic carbocycles. The molecular formula is C14H16N4O3. The van der Waals surface area contributed by atoms with Crippen molar-refractivity contribution in [2.75, 3.05) is 18.5 Å². The second kappa shape index (κ2) is 7.18. The Kier molecular flexibility index (Phi) is 5.03. The van der Waals surface area contributed by atoms with E-state index in [0.717, 1.165) is 12.0 Å². The third-order valence-corrected chi connectivity index (χ3v) is 2.77. The summed E-state index contributed by atoms with van der Waals surface area (Å²) in [7, 11) is 0. The van der Waals surface area contributed by atoms with Crippen LogP contribution in [0.25, 0.3) is 0 Å². The fourth-order valence-corrected chi connectivity index (χ4v) is 1.76. The van der Waals surface area contributed by atoms with Gasteiger partial charge in [0.2, 0.25) is 11.8 Å². The molecule has 7 nitrogen and oxygen atoms in total. The molecule has 0 amide bonds. The maximum absolute atomic E-state index is 10.6. The number of aromatic nitrogens is 2. The van der Waals surface area contributed by atoms with Gasteiger partial charge in [0.15, 0.2) is 0 Å². The van der Waals surface area contributed by atoms with Crippen LogP contribution in [0, 0.1) is 10.1 Å². The van der Waals surface area contributed by atoms with Crippen LogP contribution in [0.1, 0.15) is 12.5 Å². The highest BCUT2D eigenvalue weighted by Crippen LogP contribution is 2.12. The van der Waals surface area contributed by atoms with Gasteiger partial charge in [-0.15, -0.1) is 0 Å². The predicted octanol–water partition coefficient (Wildman–Crippen LogP) is 2.44. The third-order valence-electron chi connectivity index (χ3n) is 2.77. The zero-order valence-corrected chi connectivity index (χ0v) is 11.7. The van der Waals surface area contributed by atoms with Gasteiger partial charge < -0.3 is 10.1 Å². The zero-order chi connectivity index (χ0) is 15.1. The molecule has 0 saturated carbocycles. The molecule has 0 unspecified atom stereocenters. The Labute approximate surface area is 122 Å². The Bertz CT molecular complexity index is 601. The van der Waals surface area contributed by atoms with Gasteiger partial charge in [0, 0.05) is 30.9 Å². The van der Waals surface area contributed by atoms with Gasteiger partial charge >= 0.3 is 0 Å². The average Bonchev–Trinajstić information content (AvgIpc) is 2.48. The highest BCUT2D eigenvalue weighted by atomic mass is 16.6. The number of benzene rings is 1. The fourth-order valence-electron chi connectivity index (χ4n) is 1.76. The Hall–Kier alpha value is -2.70. The SMILES string of the molecule is CCOc1ccnc(NCCc2ccc([N+](=O)[O-])cc2)n1. The van der Waals surface area contributed by atoms with Gasteiger partial charge in [0.1, 0.15) is 0 Å². The van der Waals surface area contributed by atoms with Gasteiger partial charge in [-0.25, -0.2) is 4.98 Å². The molecule has 1 N–H and O–H groups in total. The molecule has 0 saturated heterocycles. The fraction of sp³-hybridized carbons (Fsp3) is 0.286. The maximum Gasteiger partial charge on any atom is 0.269 e. The lowest BCUT2D eigenvalue weighted by molar-refractivity contribution is -0.384. The molecule has 1 aromatic heterocycles. The number of anilines is 1. The number of nitrogens with zero attached hydrogens (tertiary/aromatic N) is 3. The minimum Gasteiger partial charge on any atom is -0.478 e. The van der Waals surface area contributed by atoms with Gasteiger partial charge in [-0.3, -0.25) is 10.1 Å². The van der Waals surface area contributed by atoms with Crippen molar-refractivity contribution >= 4 is 11.6 Å². The van der Waals surface area contributed by atoms with Gasteiger partial charge in [-0.05, 0) is 18.9 Å². The summed E-state index contributed by atoms with van der Waals surface area (Å²) in [5.74, 6) is 1.04. The van der Waals surface area contributed by atoms with Crippen LogP contribution in [0.5, 0.6) is 5.88 Å². The number of ether oxygens (including phenoxy) is 1. The second-order valence-corrected chi connectivity index (χ2v) is 4.25. The summed E-state index contributed by atoms with van der Waals surface area (Å²) >= 11 is 0. The van der Waals surface area contributed by atoms with E-state index in [1.165, 1.54) is 12.1 Å². The van der Waals surface area contributed by atoms with Crippen LogP contribution >= 0.6 is 0 Å². The Balaban J connectivity index is 1.86. The molecule has 0 bridgehead atoms. The monoisotopic (exact) mass is 288 g/mol. The first-order chi connectivity index (χ1) is 10.2. The number of nitrogens with one attached hydrogen (secondary N) is 1. The van der Waals surface area contributed by atoms with Crippen molar-refractivity contribution in [2.24, 2.45) is 0 Å². The number of non-ortho nitro benzene ring substituents is 1. The highest BCUT2D eigenvalue weighted by molar-refractivity contribution is 5.34. The van der Waals surface area contributed by atoms with Crippen LogP contribution < -0.4 is 10.1 Å². The van der Waals surface area contributed by atoms with Gasteiger partial charge in [0.25, 0.3) is 5.69 Å². The number of nitro groups is 1. The van der Waals surface area contributed by atoms with Crippen molar-refractivity contribution in [2.45, 2.75) is 13.3 Å². The first kappa shape index (κ1) is 14.7. The molecule has 0 aliphatic rings. The van der Waals surface area contributed by atoms with E-state index in [1.807, 2.05) is 6.92 Å². The second-order valence-electron chi connectivity index (χ2n) is 4.25. The van der Waals surface area contributed by atoms with Crippen molar-refractivity contribution < 1.29 is 9.66 Å². The lowest BCUT2D eigenvalue weighted by atomic mass is 10.1. The van der Waals surface area contributed by atoms with Crippen LogP contribution in [0.15, 0.2) is 36.5 Å². The van der Waals surface area contributed by atoms with Crippen molar-refractivity contribution in [3.63, 3.8) is 0 Å². The summed E-state index contributed by atoms with van der Waals surface area (Å²) in [6.07, 6.45) is 2.35.